The Morgan fingerprint density at radius 1 is 1.50 bits per heavy atom. The molecule has 0 unspecified atom stereocenters. The predicted octanol–water partition coefficient (Wildman–Crippen LogP) is 0.633. The lowest BCUT2D eigenvalue weighted by molar-refractivity contribution is 0.165. The van der Waals surface area contributed by atoms with Gasteiger partial charge in [-0.15, -0.1) is 0 Å². The maximum Gasteiger partial charge on any atom is 0.203 e. The van der Waals surface area contributed by atoms with Crippen LogP contribution in [0.1, 0.15) is 5.56 Å². The minimum Gasteiger partial charge on any atom is -0.493 e. The number of hydrazone groups is 1. The number of hydrogen-bond acceptors (Lipinski definition) is 5. The van der Waals surface area contributed by atoms with Crippen molar-refractivity contribution >= 4 is 23.5 Å². The summed E-state index contributed by atoms with van der Waals surface area (Å²) in [5.41, 5.74) is 8.53. The molecule has 18 heavy (non-hydrogen) atoms. The third-order valence-electron chi connectivity index (χ3n) is 2.24. The summed E-state index contributed by atoms with van der Waals surface area (Å²) < 4.78 is 16.2. The molecular weight excluding hydrogens is 254 g/mol. The molecule has 3 N–H and O–H groups in total. The van der Waals surface area contributed by atoms with Gasteiger partial charge in [0.25, 0.3) is 0 Å². The Bertz CT molecular complexity index is 473. The SMILES string of the molecule is COc1cc(/C=N\NC(N)=S)cc2c1OCCO2. The largest absolute Gasteiger partial charge is 0.493 e. The first-order valence-corrected chi connectivity index (χ1v) is 5.67. The van der Waals surface area contributed by atoms with Crippen LogP contribution in [0.3, 0.4) is 0 Å². The summed E-state index contributed by atoms with van der Waals surface area (Å²) >= 11 is 4.64. The quantitative estimate of drug-likeness (QED) is 0.475. The number of benzene rings is 1. The van der Waals surface area contributed by atoms with E-state index in [4.69, 9.17) is 19.9 Å². The van der Waals surface area contributed by atoms with Crippen molar-refractivity contribution in [2.45, 2.75) is 0 Å². The molecule has 0 atom stereocenters. The number of hydrogen-bond donors (Lipinski definition) is 2. The Morgan fingerprint density at radius 3 is 3.00 bits per heavy atom. The fraction of sp³-hybridized carbons (Fsp3) is 0.273. The summed E-state index contributed by atoms with van der Waals surface area (Å²) in [7, 11) is 1.57. The van der Waals surface area contributed by atoms with Gasteiger partial charge >= 0.3 is 0 Å². The summed E-state index contributed by atoms with van der Waals surface area (Å²) in [6.07, 6.45) is 1.57. The molecule has 1 aromatic carbocycles. The highest BCUT2D eigenvalue weighted by molar-refractivity contribution is 7.80. The van der Waals surface area contributed by atoms with Crippen LogP contribution in [0.5, 0.6) is 17.2 Å². The molecule has 0 aliphatic carbocycles. The summed E-state index contributed by atoms with van der Waals surface area (Å²) in [6, 6.07) is 3.60. The molecule has 0 amide bonds. The Kier molecular flexibility index (Phi) is 3.83. The Balaban J connectivity index is 2.26. The molecule has 1 heterocycles. The number of methoxy groups -OCH3 is 1. The van der Waals surface area contributed by atoms with Crippen molar-refractivity contribution < 1.29 is 14.2 Å². The second-order valence-electron chi connectivity index (χ2n) is 3.48. The summed E-state index contributed by atoms with van der Waals surface area (Å²) in [5, 5.41) is 3.98. The van der Waals surface area contributed by atoms with Crippen LogP contribution in [0.4, 0.5) is 0 Å². The van der Waals surface area contributed by atoms with E-state index in [1.807, 2.05) is 6.07 Å². The van der Waals surface area contributed by atoms with E-state index in [9.17, 15) is 0 Å². The molecule has 0 saturated heterocycles. The van der Waals surface area contributed by atoms with Crippen LogP contribution in [0, 0.1) is 0 Å². The molecule has 1 aliphatic heterocycles. The molecule has 0 saturated carbocycles. The lowest BCUT2D eigenvalue weighted by Gasteiger charge is -2.20. The average molecular weight is 267 g/mol. The van der Waals surface area contributed by atoms with Crippen molar-refractivity contribution in [2.75, 3.05) is 20.3 Å². The van der Waals surface area contributed by atoms with E-state index >= 15 is 0 Å². The maximum atomic E-state index is 5.50. The van der Waals surface area contributed by atoms with Crippen LogP contribution in [-0.2, 0) is 0 Å². The Labute approximate surface area is 110 Å². The third-order valence-corrected chi connectivity index (χ3v) is 2.33. The highest BCUT2D eigenvalue weighted by Crippen LogP contribution is 2.39. The molecule has 0 spiro atoms. The smallest absolute Gasteiger partial charge is 0.203 e. The van der Waals surface area contributed by atoms with Gasteiger partial charge in [0.1, 0.15) is 13.2 Å². The van der Waals surface area contributed by atoms with Crippen molar-refractivity contribution in [2.24, 2.45) is 10.8 Å². The minimum absolute atomic E-state index is 0.107. The molecule has 1 aromatic rings. The van der Waals surface area contributed by atoms with Crippen molar-refractivity contribution in [3.8, 4) is 17.2 Å². The summed E-state index contributed by atoms with van der Waals surface area (Å²) in [4.78, 5) is 0. The van der Waals surface area contributed by atoms with Crippen molar-refractivity contribution in [3.05, 3.63) is 17.7 Å². The molecule has 0 bridgehead atoms. The molecule has 0 radical (unpaired) electrons. The molecule has 96 valence electrons. The van der Waals surface area contributed by atoms with Crippen LogP contribution in [0.15, 0.2) is 17.2 Å². The third kappa shape index (κ3) is 2.80. The van der Waals surface area contributed by atoms with Crippen LogP contribution >= 0.6 is 12.2 Å². The van der Waals surface area contributed by atoms with Gasteiger partial charge in [0.2, 0.25) is 5.75 Å². The van der Waals surface area contributed by atoms with Crippen LogP contribution in [0.25, 0.3) is 0 Å². The van der Waals surface area contributed by atoms with Crippen LogP contribution in [0.2, 0.25) is 0 Å². The molecule has 0 fully saturated rings. The number of nitrogens with one attached hydrogen (secondary N) is 1. The van der Waals surface area contributed by atoms with Gasteiger partial charge in [-0.2, -0.15) is 5.10 Å². The average Bonchev–Trinajstić information content (AvgIpc) is 2.37. The highest BCUT2D eigenvalue weighted by Gasteiger charge is 2.17. The van der Waals surface area contributed by atoms with Crippen molar-refractivity contribution in [1.29, 1.82) is 0 Å². The first kappa shape index (κ1) is 12.4. The number of rotatable bonds is 3. The molecular formula is C11H13N3O3S. The van der Waals surface area contributed by atoms with Crippen LogP contribution in [-0.4, -0.2) is 31.7 Å². The number of nitrogens with zero attached hydrogens (tertiary/aromatic N) is 1. The number of fused-ring (bicyclic) bond motifs is 1. The fourth-order valence-corrected chi connectivity index (χ4v) is 1.59. The monoisotopic (exact) mass is 267 g/mol. The van der Waals surface area contributed by atoms with Gasteiger partial charge in [0.05, 0.1) is 13.3 Å². The minimum atomic E-state index is 0.107. The number of thiocarbonyl (C=S) groups is 1. The molecule has 1 aliphatic rings. The second-order valence-corrected chi connectivity index (χ2v) is 3.92. The first-order chi connectivity index (χ1) is 8.70. The zero-order valence-corrected chi connectivity index (χ0v) is 10.6. The van der Waals surface area contributed by atoms with E-state index in [2.05, 4.69) is 22.7 Å². The van der Waals surface area contributed by atoms with Crippen LogP contribution < -0.4 is 25.4 Å². The van der Waals surface area contributed by atoms with Gasteiger partial charge in [0, 0.05) is 5.56 Å². The van der Waals surface area contributed by atoms with E-state index in [0.29, 0.717) is 30.5 Å². The standard InChI is InChI=1S/C11H13N3O3S/c1-15-8-4-7(6-13-14-11(12)18)5-9-10(8)17-3-2-16-9/h4-6H,2-3H2,1H3,(H3,12,14,18)/b13-6-. The topological polar surface area (TPSA) is 78.1 Å². The molecule has 0 aromatic heterocycles. The number of nitrogens with two attached hydrogens (primary N) is 1. The normalized spacial score (nSPS) is 13.4. The lowest BCUT2D eigenvalue weighted by Crippen LogP contribution is -2.24. The van der Waals surface area contributed by atoms with Gasteiger partial charge in [-0.25, -0.2) is 0 Å². The van der Waals surface area contributed by atoms with Gasteiger partial charge in [-0.05, 0) is 24.4 Å². The first-order valence-electron chi connectivity index (χ1n) is 5.27. The summed E-state index contributed by atoms with van der Waals surface area (Å²) in [5.74, 6) is 1.85. The van der Waals surface area contributed by atoms with E-state index in [1.165, 1.54) is 0 Å². The second kappa shape index (κ2) is 5.54. The van der Waals surface area contributed by atoms with Gasteiger partial charge in [0.15, 0.2) is 16.6 Å². The van der Waals surface area contributed by atoms with E-state index < -0.39 is 0 Å². The molecule has 6 nitrogen and oxygen atoms in total. The summed E-state index contributed by atoms with van der Waals surface area (Å²) in [6.45, 7) is 1.03. The predicted molar refractivity (Wildman–Crippen MR) is 71.5 cm³/mol. The van der Waals surface area contributed by atoms with E-state index in [0.717, 1.165) is 5.56 Å². The van der Waals surface area contributed by atoms with E-state index in [1.54, 1.807) is 19.4 Å². The molecule has 7 heteroatoms. The van der Waals surface area contributed by atoms with Crippen molar-refractivity contribution in [3.63, 3.8) is 0 Å². The Morgan fingerprint density at radius 2 is 2.28 bits per heavy atom. The van der Waals surface area contributed by atoms with Crippen molar-refractivity contribution in [1.82, 2.24) is 5.43 Å². The van der Waals surface area contributed by atoms with E-state index in [-0.39, 0.29) is 5.11 Å². The Hall–Kier alpha value is -2.02. The zero-order chi connectivity index (χ0) is 13.0. The maximum absolute atomic E-state index is 5.50. The zero-order valence-electron chi connectivity index (χ0n) is 9.80. The van der Waals surface area contributed by atoms with Gasteiger partial charge in [-0.3, -0.25) is 5.43 Å². The fourth-order valence-electron chi connectivity index (χ4n) is 1.54. The lowest BCUT2D eigenvalue weighted by atomic mass is 10.2. The number of ether oxygens (including phenoxy) is 3. The highest BCUT2D eigenvalue weighted by atomic mass is 32.1. The molecule has 2 rings (SSSR count). The van der Waals surface area contributed by atoms with Gasteiger partial charge < -0.3 is 19.9 Å². The van der Waals surface area contributed by atoms with Gasteiger partial charge in [-0.1, -0.05) is 0 Å².